The zero-order valence-corrected chi connectivity index (χ0v) is 17.3. The van der Waals surface area contributed by atoms with Crippen molar-refractivity contribution in [3.05, 3.63) is 59.2 Å². The lowest BCUT2D eigenvalue weighted by atomic mass is 10.0. The molecule has 1 saturated heterocycles. The topological polar surface area (TPSA) is 102 Å². The van der Waals surface area contributed by atoms with E-state index in [9.17, 15) is 18.0 Å². The number of ether oxygens (including phenoxy) is 2. The molecule has 1 amide bonds. The van der Waals surface area contributed by atoms with Crippen LogP contribution in [0.3, 0.4) is 0 Å². The van der Waals surface area contributed by atoms with Crippen LogP contribution in [0.4, 0.5) is 5.69 Å². The highest BCUT2D eigenvalue weighted by molar-refractivity contribution is 7.89. The van der Waals surface area contributed by atoms with Crippen molar-refractivity contribution in [3.63, 3.8) is 0 Å². The molecule has 8 nitrogen and oxygen atoms in total. The Bertz CT molecular complexity index is 1090. The second kappa shape index (κ2) is 8.17. The van der Waals surface area contributed by atoms with E-state index in [4.69, 9.17) is 9.47 Å². The third kappa shape index (κ3) is 3.96. The average molecular weight is 430 g/mol. The van der Waals surface area contributed by atoms with Gasteiger partial charge in [-0.05, 0) is 30.7 Å². The summed E-state index contributed by atoms with van der Waals surface area (Å²) in [5.41, 5.74) is 2.11. The van der Waals surface area contributed by atoms with Crippen molar-refractivity contribution in [1.29, 1.82) is 0 Å². The van der Waals surface area contributed by atoms with Crippen molar-refractivity contribution >= 4 is 27.6 Å². The van der Waals surface area contributed by atoms with Crippen molar-refractivity contribution < 1.29 is 27.5 Å². The Labute approximate surface area is 174 Å². The SMILES string of the molecule is Cc1ccc(NC(=O)C[C@@H]2OC(=O)c3ccccc32)cc1S(=O)(=O)N1CCOCC1. The third-order valence-corrected chi connectivity index (χ3v) is 7.25. The molecule has 30 heavy (non-hydrogen) atoms. The fraction of sp³-hybridized carbons (Fsp3) is 0.333. The summed E-state index contributed by atoms with van der Waals surface area (Å²) in [4.78, 5) is 24.6. The van der Waals surface area contributed by atoms with E-state index in [2.05, 4.69) is 5.32 Å². The van der Waals surface area contributed by atoms with Crippen LogP contribution in [-0.4, -0.2) is 50.9 Å². The summed E-state index contributed by atoms with van der Waals surface area (Å²) in [7, 11) is -3.69. The molecule has 2 aliphatic heterocycles. The first-order valence-electron chi connectivity index (χ1n) is 9.64. The number of esters is 1. The number of carbonyl (C=O) groups is 2. The molecule has 0 aromatic heterocycles. The highest BCUT2D eigenvalue weighted by Crippen LogP contribution is 2.33. The van der Waals surface area contributed by atoms with Gasteiger partial charge in [-0.3, -0.25) is 4.79 Å². The van der Waals surface area contributed by atoms with Crippen LogP contribution in [-0.2, 0) is 24.3 Å². The molecule has 1 atom stereocenters. The van der Waals surface area contributed by atoms with Gasteiger partial charge in [-0.15, -0.1) is 0 Å². The fourth-order valence-corrected chi connectivity index (χ4v) is 5.29. The molecular weight excluding hydrogens is 408 g/mol. The maximum absolute atomic E-state index is 13.0. The summed E-state index contributed by atoms with van der Waals surface area (Å²) >= 11 is 0. The molecule has 0 unspecified atom stereocenters. The summed E-state index contributed by atoms with van der Waals surface area (Å²) in [5, 5.41) is 2.72. The first kappa shape index (κ1) is 20.5. The number of aryl methyl sites for hydroxylation is 1. The Kier molecular flexibility index (Phi) is 5.59. The van der Waals surface area contributed by atoms with Crippen LogP contribution in [0, 0.1) is 6.92 Å². The smallest absolute Gasteiger partial charge is 0.339 e. The number of amides is 1. The molecule has 158 valence electrons. The first-order chi connectivity index (χ1) is 14.4. The van der Waals surface area contributed by atoms with E-state index >= 15 is 0 Å². The van der Waals surface area contributed by atoms with Gasteiger partial charge in [0.15, 0.2) is 0 Å². The number of nitrogens with zero attached hydrogens (tertiary/aromatic N) is 1. The summed E-state index contributed by atoms with van der Waals surface area (Å²) in [6.07, 6.45) is -0.710. The van der Waals surface area contributed by atoms with Crippen molar-refractivity contribution in [2.24, 2.45) is 0 Å². The summed E-state index contributed by atoms with van der Waals surface area (Å²) < 4.78 is 37.9. The number of nitrogens with one attached hydrogen (secondary N) is 1. The molecule has 2 aromatic rings. The number of sulfonamides is 1. The van der Waals surface area contributed by atoms with E-state index in [-0.39, 0.29) is 17.2 Å². The number of morpholine rings is 1. The van der Waals surface area contributed by atoms with Crippen molar-refractivity contribution in [2.45, 2.75) is 24.3 Å². The first-order valence-corrected chi connectivity index (χ1v) is 11.1. The lowest BCUT2D eigenvalue weighted by Gasteiger charge is -2.26. The largest absolute Gasteiger partial charge is 0.453 e. The maximum atomic E-state index is 13.0. The predicted octanol–water partition coefficient (Wildman–Crippen LogP) is 2.26. The van der Waals surface area contributed by atoms with Gasteiger partial charge in [-0.1, -0.05) is 24.3 Å². The monoisotopic (exact) mass is 430 g/mol. The zero-order chi connectivity index (χ0) is 21.3. The van der Waals surface area contributed by atoms with Gasteiger partial charge in [0.1, 0.15) is 6.10 Å². The number of hydrogen-bond acceptors (Lipinski definition) is 6. The number of cyclic esters (lactones) is 1. The van der Waals surface area contributed by atoms with Crippen molar-refractivity contribution in [1.82, 2.24) is 4.31 Å². The van der Waals surface area contributed by atoms with Crippen molar-refractivity contribution in [3.8, 4) is 0 Å². The Balaban J connectivity index is 1.50. The highest BCUT2D eigenvalue weighted by atomic mass is 32.2. The Morgan fingerprint density at radius 1 is 1.17 bits per heavy atom. The molecule has 9 heteroatoms. The molecule has 1 N–H and O–H groups in total. The molecule has 0 aliphatic carbocycles. The van der Waals surface area contributed by atoms with E-state index in [0.717, 1.165) is 0 Å². The van der Waals surface area contributed by atoms with Crippen molar-refractivity contribution in [2.75, 3.05) is 31.6 Å². The number of benzene rings is 2. The minimum absolute atomic E-state index is 0.0534. The fourth-order valence-electron chi connectivity index (χ4n) is 3.63. The quantitative estimate of drug-likeness (QED) is 0.730. The zero-order valence-electron chi connectivity index (χ0n) is 16.5. The lowest BCUT2D eigenvalue weighted by Crippen LogP contribution is -2.40. The molecule has 0 radical (unpaired) electrons. The predicted molar refractivity (Wildman–Crippen MR) is 109 cm³/mol. The van der Waals surface area contributed by atoms with Crippen LogP contribution < -0.4 is 5.32 Å². The summed E-state index contributed by atoms with van der Waals surface area (Å²) in [5.74, 6) is -0.819. The van der Waals surface area contributed by atoms with Gasteiger partial charge < -0.3 is 14.8 Å². The molecule has 0 spiro atoms. The number of carbonyl (C=O) groups excluding carboxylic acids is 2. The van der Waals surface area contributed by atoms with Crippen LogP contribution in [0.25, 0.3) is 0 Å². The molecule has 0 bridgehead atoms. The van der Waals surface area contributed by atoms with E-state index in [1.165, 1.54) is 10.4 Å². The standard InChI is InChI=1S/C21H22N2O6S/c1-14-6-7-15(12-19(14)30(26,27)23-8-10-28-11-9-23)22-20(24)13-18-16-4-2-3-5-17(16)21(25)29-18/h2-7,12,18H,8-11,13H2,1H3,(H,22,24)/t18-/m0/s1. The number of hydrogen-bond donors (Lipinski definition) is 1. The van der Waals surface area contributed by atoms with Crippen LogP contribution >= 0.6 is 0 Å². The summed E-state index contributed by atoms with van der Waals surface area (Å²) in [6.45, 7) is 3.02. The van der Waals surface area contributed by atoms with Crippen LogP contribution in [0.5, 0.6) is 0 Å². The average Bonchev–Trinajstić information content (AvgIpc) is 3.05. The minimum atomic E-state index is -3.69. The molecule has 4 rings (SSSR count). The second-order valence-electron chi connectivity index (χ2n) is 7.23. The lowest BCUT2D eigenvalue weighted by molar-refractivity contribution is -0.118. The Morgan fingerprint density at radius 3 is 2.67 bits per heavy atom. The number of fused-ring (bicyclic) bond motifs is 1. The Hall–Kier alpha value is -2.75. The molecule has 2 aliphatic rings. The Morgan fingerprint density at radius 2 is 1.90 bits per heavy atom. The van der Waals surface area contributed by atoms with Crippen LogP contribution in [0.2, 0.25) is 0 Å². The number of rotatable bonds is 5. The molecule has 1 fully saturated rings. The van der Waals surface area contributed by atoms with E-state index in [1.54, 1.807) is 43.3 Å². The normalized spacial score (nSPS) is 19.2. The second-order valence-corrected chi connectivity index (χ2v) is 9.14. The van der Waals surface area contributed by atoms with Gasteiger partial charge in [0.05, 0.1) is 30.1 Å². The van der Waals surface area contributed by atoms with Crippen LogP contribution in [0.1, 0.15) is 34.0 Å². The van der Waals surface area contributed by atoms with E-state index in [1.807, 2.05) is 0 Å². The number of anilines is 1. The molecular formula is C21H22N2O6S. The highest BCUT2D eigenvalue weighted by Gasteiger charge is 2.32. The maximum Gasteiger partial charge on any atom is 0.339 e. The van der Waals surface area contributed by atoms with Gasteiger partial charge in [-0.25, -0.2) is 13.2 Å². The molecule has 2 heterocycles. The van der Waals surface area contributed by atoms with E-state index in [0.29, 0.717) is 48.7 Å². The van der Waals surface area contributed by atoms with E-state index < -0.39 is 22.1 Å². The van der Waals surface area contributed by atoms with Gasteiger partial charge in [0, 0.05) is 24.3 Å². The minimum Gasteiger partial charge on any atom is -0.453 e. The van der Waals surface area contributed by atoms with Gasteiger partial charge in [-0.2, -0.15) is 4.31 Å². The molecule has 0 saturated carbocycles. The van der Waals surface area contributed by atoms with Crippen LogP contribution in [0.15, 0.2) is 47.4 Å². The van der Waals surface area contributed by atoms with Gasteiger partial charge >= 0.3 is 5.97 Å². The molecule has 2 aromatic carbocycles. The van der Waals surface area contributed by atoms with Gasteiger partial charge in [0.25, 0.3) is 0 Å². The van der Waals surface area contributed by atoms with Gasteiger partial charge in [0.2, 0.25) is 15.9 Å². The third-order valence-electron chi connectivity index (χ3n) is 5.21. The summed E-state index contributed by atoms with van der Waals surface area (Å²) in [6, 6.07) is 11.7.